The maximum Gasteiger partial charge on any atom is 0.303 e. The largest absolute Gasteiger partial charge is 0.303 e. The van der Waals surface area contributed by atoms with Crippen molar-refractivity contribution in [3.05, 3.63) is 0 Å². The Morgan fingerprint density at radius 2 is 2.00 bits per heavy atom. The Morgan fingerprint density at radius 1 is 1.57 bits per heavy atom. The van der Waals surface area contributed by atoms with Crippen LogP contribution < -0.4 is 0 Å². The molecule has 0 unspecified atom stereocenters. The highest BCUT2D eigenvalue weighted by Gasteiger charge is 2.21. The first-order chi connectivity index (χ1) is 3.06. The summed E-state index contributed by atoms with van der Waals surface area (Å²) in [7, 11) is 0. The van der Waals surface area contributed by atoms with Crippen LogP contribution in [-0.2, 0) is 0 Å². The van der Waals surface area contributed by atoms with Crippen LogP contribution in [0, 0.1) is 0 Å². The minimum absolute atomic E-state index is 0.178. The van der Waals surface area contributed by atoms with Gasteiger partial charge >= 0.3 is 5.25 Å². The van der Waals surface area contributed by atoms with Crippen LogP contribution in [0.4, 0.5) is 8.78 Å². The first-order valence-electron chi connectivity index (χ1n) is 2.14. The lowest BCUT2D eigenvalue weighted by Crippen LogP contribution is -2.03. The van der Waals surface area contributed by atoms with Gasteiger partial charge in [-0.25, -0.2) is 0 Å². The third-order valence-electron chi connectivity index (χ3n) is 0.541. The highest BCUT2D eigenvalue weighted by Crippen LogP contribution is 2.23. The molecule has 3 heteroatoms. The molecule has 0 aromatic rings. The Hall–Kier alpha value is 0.210. The number of alkyl halides is 2. The molecule has 0 fully saturated rings. The van der Waals surface area contributed by atoms with Gasteiger partial charge in [-0.1, -0.05) is 6.92 Å². The molecule has 0 aliphatic heterocycles. The zero-order chi connectivity index (χ0) is 5.91. The molecule has 0 aromatic carbocycles. The Kier molecular flexibility index (Phi) is 2.58. The second-order valence-electron chi connectivity index (χ2n) is 1.39. The van der Waals surface area contributed by atoms with E-state index in [1.165, 1.54) is 0 Å². The molecule has 0 bridgehead atoms. The zero-order valence-electron chi connectivity index (χ0n) is 4.08. The van der Waals surface area contributed by atoms with Gasteiger partial charge in [0.15, 0.2) is 0 Å². The molecule has 0 nitrogen and oxygen atoms in total. The summed E-state index contributed by atoms with van der Waals surface area (Å²) in [5.41, 5.74) is 0. The summed E-state index contributed by atoms with van der Waals surface area (Å²) in [6.45, 7) is 1.68. The summed E-state index contributed by atoms with van der Waals surface area (Å²) in [4.78, 5) is 0. The molecule has 0 N–H and O–H groups in total. The molecular weight excluding hydrogens is 118 g/mol. The number of rotatable bonds is 2. The van der Waals surface area contributed by atoms with E-state index in [9.17, 15) is 8.78 Å². The van der Waals surface area contributed by atoms with Crippen LogP contribution in [0.2, 0.25) is 0 Å². The quantitative estimate of drug-likeness (QED) is 0.532. The van der Waals surface area contributed by atoms with E-state index in [0.29, 0.717) is 6.42 Å². The van der Waals surface area contributed by atoms with E-state index in [0.717, 1.165) is 0 Å². The van der Waals surface area contributed by atoms with Crippen molar-refractivity contribution in [1.29, 1.82) is 0 Å². The van der Waals surface area contributed by atoms with Gasteiger partial charge in [-0.3, -0.25) is 0 Å². The van der Waals surface area contributed by atoms with E-state index >= 15 is 0 Å². The van der Waals surface area contributed by atoms with Crippen LogP contribution in [0.3, 0.4) is 0 Å². The Balaban J connectivity index is 3.15. The molecule has 0 aromatic heterocycles. The van der Waals surface area contributed by atoms with E-state index in [4.69, 9.17) is 0 Å². The molecule has 0 aliphatic rings. The molecule has 0 heterocycles. The van der Waals surface area contributed by atoms with E-state index in [1.54, 1.807) is 6.92 Å². The monoisotopic (exact) mass is 125 g/mol. The van der Waals surface area contributed by atoms with E-state index in [1.807, 2.05) is 0 Å². The van der Waals surface area contributed by atoms with Gasteiger partial charge in [-0.05, 0) is 19.0 Å². The summed E-state index contributed by atoms with van der Waals surface area (Å²) in [5.74, 6) is 0. The highest BCUT2D eigenvalue weighted by atomic mass is 32.1. The minimum atomic E-state index is -2.87. The molecule has 43 valence electrons. The van der Waals surface area contributed by atoms with Crippen LogP contribution in [0.25, 0.3) is 0 Å². The normalized spacial score (nSPS) is 12.0. The van der Waals surface area contributed by atoms with E-state index in [-0.39, 0.29) is 6.42 Å². The fourth-order valence-electron chi connectivity index (χ4n) is 0.291. The van der Waals surface area contributed by atoms with Gasteiger partial charge in [-0.15, -0.1) is 0 Å². The molecular formula is C4H7F2S. The van der Waals surface area contributed by atoms with Gasteiger partial charge in [0.25, 0.3) is 0 Å². The molecule has 1 radical (unpaired) electrons. The van der Waals surface area contributed by atoms with E-state index < -0.39 is 5.25 Å². The average molecular weight is 125 g/mol. The van der Waals surface area contributed by atoms with Crippen LogP contribution in [0.1, 0.15) is 19.8 Å². The van der Waals surface area contributed by atoms with Crippen molar-refractivity contribution in [3.63, 3.8) is 0 Å². The van der Waals surface area contributed by atoms with Gasteiger partial charge < -0.3 is 0 Å². The summed E-state index contributed by atoms with van der Waals surface area (Å²) in [6, 6.07) is 0. The molecule has 7 heavy (non-hydrogen) atoms. The second-order valence-corrected chi connectivity index (χ2v) is 1.98. The van der Waals surface area contributed by atoms with Crippen LogP contribution in [-0.4, -0.2) is 5.25 Å². The van der Waals surface area contributed by atoms with Crippen LogP contribution in [0.15, 0.2) is 0 Å². The Labute approximate surface area is 47.3 Å². The maximum atomic E-state index is 11.5. The standard InChI is InChI=1S/C4H7F2S/c1-2-3-4(5,6)7/h2-3H2,1H3. The lowest BCUT2D eigenvalue weighted by Gasteiger charge is -2.02. The molecule has 0 spiro atoms. The number of hydrogen-bond donors (Lipinski definition) is 0. The topological polar surface area (TPSA) is 0 Å². The zero-order valence-corrected chi connectivity index (χ0v) is 4.89. The van der Waals surface area contributed by atoms with Crippen molar-refractivity contribution in [2.45, 2.75) is 25.0 Å². The van der Waals surface area contributed by atoms with Crippen LogP contribution in [0.5, 0.6) is 0 Å². The first-order valence-corrected chi connectivity index (χ1v) is 2.55. The van der Waals surface area contributed by atoms with Gasteiger partial charge in [-0.2, -0.15) is 8.78 Å². The second kappa shape index (κ2) is 2.50. The van der Waals surface area contributed by atoms with E-state index in [2.05, 4.69) is 12.6 Å². The summed E-state index contributed by atoms with van der Waals surface area (Å²) < 4.78 is 23.1. The fourth-order valence-corrected chi connectivity index (χ4v) is 0.495. The average Bonchev–Trinajstić information content (AvgIpc) is 1.30. The molecule has 0 saturated carbocycles. The number of hydrogen-bond acceptors (Lipinski definition) is 0. The van der Waals surface area contributed by atoms with Gasteiger partial charge in [0, 0.05) is 6.42 Å². The van der Waals surface area contributed by atoms with Crippen molar-refractivity contribution in [3.8, 4) is 0 Å². The van der Waals surface area contributed by atoms with Crippen molar-refractivity contribution in [2.24, 2.45) is 0 Å². The van der Waals surface area contributed by atoms with Gasteiger partial charge in [0.1, 0.15) is 0 Å². The van der Waals surface area contributed by atoms with Crippen LogP contribution >= 0.6 is 12.6 Å². The smallest absolute Gasteiger partial charge is 0.193 e. The first kappa shape index (κ1) is 7.21. The van der Waals surface area contributed by atoms with Crippen molar-refractivity contribution in [1.82, 2.24) is 0 Å². The van der Waals surface area contributed by atoms with Crippen molar-refractivity contribution < 1.29 is 8.78 Å². The molecule has 0 rings (SSSR count). The minimum Gasteiger partial charge on any atom is -0.193 e. The molecule has 0 aliphatic carbocycles. The SMILES string of the molecule is CCCC(F)(F)[S]. The summed E-state index contributed by atoms with van der Waals surface area (Å²) >= 11 is 3.75. The summed E-state index contributed by atoms with van der Waals surface area (Å²) in [5, 5.41) is -2.87. The molecule has 0 atom stereocenters. The van der Waals surface area contributed by atoms with Crippen molar-refractivity contribution in [2.75, 3.05) is 0 Å². The Bertz CT molecular complexity index is 48.1. The van der Waals surface area contributed by atoms with Gasteiger partial charge in [0.05, 0.1) is 0 Å². The van der Waals surface area contributed by atoms with Gasteiger partial charge in [0.2, 0.25) is 0 Å². The predicted molar refractivity (Wildman–Crippen MR) is 27.4 cm³/mol. The fraction of sp³-hybridized carbons (Fsp3) is 1.00. The molecule has 0 saturated heterocycles. The van der Waals surface area contributed by atoms with Crippen molar-refractivity contribution >= 4 is 12.6 Å². The lowest BCUT2D eigenvalue weighted by molar-refractivity contribution is 0.0974. The molecule has 0 amide bonds. The highest BCUT2D eigenvalue weighted by molar-refractivity contribution is 7.81. The summed E-state index contributed by atoms with van der Waals surface area (Å²) in [6.07, 6.45) is 0.277. The Morgan fingerprint density at radius 3 is 2.00 bits per heavy atom. The predicted octanol–water partition coefficient (Wildman–Crippen LogP) is 2.58. The number of halogens is 2. The third-order valence-corrected chi connectivity index (χ3v) is 0.745. The maximum absolute atomic E-state index is 11.5. The lowest BCUT2D eigenvalue weighted by atomic mass is 10.3. The third kappa shape index (κ3) is 6.21.